The molecule has 2 atom stereocenters. The van der Waals surface area contributed by atoms with Gasteiger partial charge in [0.05, 0.1) is 18.9 Å². The minimum Gasteiger partial charge on any atom is -0.376 e. The Hall–Kier alpha value is -2.08. The van der Waals surface area contributed by atoms with E-state index in [4.69, 9.17) is 4.74 Å². The van der Waals surface area contributed by atoms with Gasteiger partial charge in [-0.3, -0.25) is 9.48 Å². The van der Waals surface area contributed by atoms with Gasteiger partial charge in [-0.1, -0.05) is 19.8 Å². The lowest BCUT2D eigenvalue weighted by Gasteiger charge is -2.28. The van der Waals surface area contributed by atoms with Crippen molar-refractivity contribution in [3.63, 3.8) is 0 Å². The minimum absolute atomic E-state index is 0.110. The molecule has 1 aliphatic carbocycles. The van der Waals surface area contributed by atoms with Gasteiger partial charge in [0.1, 0.15) is 11.4 Å². The zero-order valence-corrected chi connectivity index (χ0v) is 16.3. The fourth-order valence-electron chi connectivity index (χ4n) is 3.86. The molecule has 1 fully saturated rings. The Bertz CT molecular complexity index is 742. The van der Waals surface area contributed by atoms with E-state index in [0.717, 1.165) is 23.6 Å². The predicted octanol–water partition coefficient (Wildman–Crippen LogP) is 3.15. The summed E-state index contributed by atoms with van der Waals surface area (Å²) in [6, 6.07) is 4.09. The van der Waals surface area contributed by atoms with Crippen LogP contribution in [0.5, 0.6) is 0 Å². The lowest BCUT2D eigenvalue weighted by molar-refractivity contribution is -0.00293. The molecule has 1 amide bonds. The quantitative estimate of drug-likeness (QED) is 0.807. The lowest BCUT2D eigenvalue weighted by atomic mass is 9.88. The zero-order valence-electron chi connectivity index (χ0n) is 16.3. The van der Waals surface area contributed by atoms with E-state index in [1.165, 1.54) is 19.3 Å². The van der Waals surface area contributed by atoms with Gasteiger partial charge < -0.3 is 14.6 Å². The van der Waals surface area contributed by atoms with Crippen molar-refractivity contribution in [2.24, 2.45) is 13.0 Å². The molecule has 26 heavy (non-hydrogen) atoms. The van der Waals surface area contributed by atoms with E-state index in [2.05, 4.69) is 21.9 Å². The summed E-state index contributed by atoms with van der Waals surface area (Å²) in [5, 5.41) is 7.27. The fraction of sp³-hybridized carbons (Fsp3) is 0.600. The Kier molecular flexibility index (Phi) is 5.81. The van der Waals surface area contributed by atoms with Gasteiger partial charge in [0.15, 0.2) is 0 Å². The van der Waals surface area contributed by atoms with Crippen molar-refractivity contribution in [2.75, 3.05) is 13.2 Å². The summed E-state index contributed by atoms with van der Waals surface area (Å²) in [7, 11) is 1.86. The van der Waals surface area contributed by atoms with Crippen LogP contribution in [-0.2, 0) is 11.8 Å². The molecule has 2 heterocycles. The molecule has 0 aliphatic heterocycles. The van der Waals surface area contributed by atoms with Crippen molar-refractivity contribution in [1.82, 2.24) is 19.7 Å². The number of hydrogen-bond acceptors (Lipinski definition) is 3. The van der Waals surface area contributed by atoms with Gasteiger partial charge in [-0.2, -0.15) is 5.10 Å². The summed E-state index contributed by atoms with van der Waals surface area (Å²) in [5.41, 5.74) is 2.74. The Morgan fingerprint density at radius 3 is 2.65 bits per heavy atom. The molecule has 2 aromatic heterocycles. The van der Waals surface area contributed by atoms with Crippen LogP contribution in [0.1, 0.15) is 54.4 Å². The molecular formula is C20H30N4O2. The summed E-state index contributed by atoms with van der Waals surface area (Å²) < 4.78 is 9.79. The number of rotatable bonds is 6. The first-order chi connectivity index (χ1) is 12.5. The molecule has 3 rings (SSSR count). The number of amides is 1. The molecule has 6 heteroatoms. The first kappa shape index (κ1) is 18.7. The first-order valence-corrected chi connectivity index (χ1v) is 9.56. The summed E-state index contributed by atoms with van der Waals surface area (Å²) in [4.78, 5) is 12.7. The van der Waals surface area contributed by atoms with Crippen molar-refractivity contribution < 1.29 is 9.53 Å². The summed E-state index contributed by atoms with van der Waals surface area (Å²) in [5.74, 6) is 1.30. The fourth-order valence-corrected chi connectivity index (χ4v) is 3.86. The molecule has 1 aliphatic rings. The molecule has 0 saturated heterocycles. The van der Waals surface area contributed by atoms with E-state index < -0.39 is 0 Å². The molecule has 0 bridgehead atoms. The molecule has 2 unspecified atom stereocenters. The maximum Gasteiger partial charge on any atom is 0.256 e. The number of ether oxygens (including phenoxy) is 1. The molecule has 1 N–H and O–H groups in total. The third kappa shape index (κ3) is 3.85. The van der Waals surface area contributed by atoms with Crippen molar-refractivity contribution in [3.8, 4) is 5.82 Å². The molecule has 1 saturated carbocycles. The highest BCUT2D eigenvalue weighted by Gasteiger charge is 2.22. The Labute approximate surface area is 155 Å². The van der Waals surface area contributed by atoms with Gasteiger partial charge in [-0.15, -0.1) is 0 Å². The van der Waals surface area contributed by atoms with E-state index >= 15 is 0 Å². The van der Waals surface area contributed by atoms with E-state index in [-0.39, 0.29) is 5.91 Å². The van der Waals surface area contributed by atoms with Crippen LogP contribution in [-0.4, -0.2) is 39.5 Å². The van der Waals surface area contributed by atoms with Gasteiger partial charge >= 0.3 is 0 Å². The predicted molar refractivity (Wildman–Crippen MR) is 102 cm³/mol. The van der Waals surface area contributed by atoms with Gasteiger partial charge in [0.2, 0.25) is 0 Å². The molecule has 6 nitrogen and oxygen atoms in total. The SMILES string of the molecule is Cc1ccc(C)n1-c1c(C(=O)NCCOC2CCCCC2C)cnn1C. The Morgan fingerprint density at radius 1 is 1.27 bits per heavy atom. The van der Waals surface area contributed by atoms with Crippen LogP contribution in [0.2, 0.25) is 0 Å². The van der Waals surface area contributed by atoms with Crippen LogP contribution in [0.3, 0.4) is 0 Å². The highest BCUT2D eigenvalue weighted by atomic mass is 16.5. The highest BCUT2D eigenvalue weighted by molar-refractivity contribution is 5.97. The van der Waals surface area contributed by atoms with Crippen LogP contribution in [0.15, 0.2) is 18.3 Å². The molecule has 0 radical (unpaired) electrons. The van der Waals surface area contributed by atoms with E-state index in [9.17, 15) is 4.79 Å². The number of hydrogen-bond donors (Lipinski definition) is 1. The number of carbonyl (C=O) groups excluding carboxylic acids is 1. The average molecular weight is 358 g/mol. The number of nitrogens with zero attached hydrogens (tertiary/aromatic N) is 3. The van der Waals surface area contributed by atoms with Gasteiger partial charge in [-0.25, -0.2) is 0 Å². The summed E-state index contributed by atoms with van der Waals surface area (Å²) >= 11 is 0. The van der Waals surface area contributed by atoms with Crippen LogP contribution in [0.25, 0.3) is 5.82 Å². The average Bonchev–Trinajstić information content (AvgIpc) is 3.15. The van der Waals surface area contributed by atoms with E-state index in [0.29, 0.717) is 30.7 Å². The summed E-state index contributed by atoms with van der Waals surface area (Å²) in [6.07, 6.45) is 6.89. The molecule has 0 aromatic carbocycles. The number of aromatic nitrogens is 3. The third-order valence-corrected chi connectivity index (χ3v) is 5.39. The number of aryl methyl sites for hydroxylation is 3. The monoisotopic (exact) mass is 358 g/mol. The molecular weight excluding hydrogens is 328 g/mol. The zero-order chi connectivity index (χ0) is 18.7. The number of carbonyl (C=O) groups is 1. The van der Waals surface area contributed by atoms with Gasteiger partial charge in [0, 0.05) is 25.0 Å². The normalized spacial score (nSPS) is 20.3. The lowest BCUT2D eigenvalue weighted by Crippen LogP contribution is -2.32. The topological polar surface area (TPSA) is 61.1 Å². The molecule has 0 spiro atoms. The molecule has 142 valence electrons. The molecule has 2 aromatic rings. The van der Waals surface area contributed by atoms with Crippen molar-refractivity contribution in [2.45, 2.75) is 52.6 Å². The van der Waals surface area contributed by atoms with Gasteiger partial charge in [0.25, 0.3) is 5.91 Å². The Balaban J connectivity index is 1.61. The minimum atomic E-state index is -0.110. The van der Waals surface area contributed by atoms with E-state index in [1.54, 1.807) is 10.9 Å². The Morgan fingerprint density at radius 2 is 1.96 bits per heavy atom. The first-order valence-electron chi connectivity index (χ1n) is 9.56. The van der Waals surface area contributed by atoms with E-state index in [1.807, 2.05) is 33.0 Å². The van der Waals surface area contributed by atoms with Crippen LogP contribution < -0.4 is 5.32 Å². The van der Waals surface area contributed by atoms with Crippen molar-refractivity contribution in [3.05, 3.63) is 35.3 Å². The van der Waals surface area contributed by atoms with Gasteiger partial charge in [-0.05, 0) is 44.7 Å². The van der Waals surface area contributed by atoms with Crippen LogP contribution in [0.4, 0.5) is 0 Å². The van der Waals surface area contributed by atoms with Crippen molar-refractivity contribution in [1.29, 1.82) is 0 Å². The van der Waals surface area contributed by atoms with Crippen LogP contribution in [0, 0.1) is 19.8 Å². The highest BCUT2D eigenvalue weighted by Crippen LogP contribution is 2.26. The maximum atomic E-state index is 12.7. The maximum absolute atomic E-state index is 12.7. The smallest absolute Gasteiger partial charge is 0.256 e. The second kappa shape index (κ2) is 8.08. The summed E-state index contributed by atoms with van der Waals surface area (Å²) in [6.45, 7) is 7.38. The standard InChI is InChI=1S/C20H30N4O2/c1-14-7-5-6-8-18(14)26-12-11-21-19(25)17-13-22-23(4)20(17)24-15(2)9-10-16(24)3/h9-10,13-14,18H,5-8,11-12H2,1-4H3,(H,21,25). The van der Waals surface area contributed by atoms with Crippen LogP contribution >= 0.6 is 0 Å². The largest absolute Gasteiger partial charge is 0.376 e. The second-order valence-electron chi connectivity index (χ2n) is 7.38. The number of nitrogens with one attached hydrogen (secondary N) is 1. The second-order valence-corrected chi connectivity index (χ2v) is 7.38. The van der Waals surface area contributed by atoms with Crippen molar-refractivity contribution >= 4 is 5.91 Å². The third-order valence-electron chi connectivity index (χ3n) is 5.39.